The Morgan fingerprint density at radius 2 is 2.07 bits per heavy atom. The summed E-state index contributed by atoms with van der Waals surface area (Å²) in [4.78, 5) is 22.8. The van der Waals surface area contributed by atoms with Crippen LogP contribution in [0, 0.1) is 0 Å². The fourth-order valence-electron chi connectivity index (χ4n) is 1.32. The number of benzene rings is 1. The molecular formula is C11H8O4. The third-order valence-electron chi connectivity index (χ3n) is 2.16. The van der Waals surface area contributed by atoms with Gasteiger partial charge in [0, 0.05) is 6.07 Å². The van der Waals surface area contributed by atoms with Gasteiger partial charge in [0.05, 0.1) is 12.7 Å². The highest BCUT2D eigenvalue weighted by atomic mass is 16.5. The molecule has 4 heteroatoms. The maximum atomic E-state index is 11.6. The number of carbonyl (C=O) groups excluding carboxylic acids is 2. The van der Waals surface area contributed by atoms with Crippen molar-refractivity contribution in [1.82, 2.24) is 0 Å². The van der Waals surface area contributed by atoms with Crippen molar-refractivity contribution in [3.05, 3.63) is 35.9 Å². The zero-order valence-corrected chi connectivity index (χ0v) is 8.07. The molecule has 0 amide bonds. The highest BCUT2D eigenvalue weighted by Crippen LogP contribution is 2.30. The number of hydrogen-bond acceptors (Lipinski definition) is 4. The van der Waals surface area contributed by atoms with Gasteiger partial charge in [-0.25, -0.2) is 4.79 Å². The molecule has 15 heavy (non-hydrogen) atoms. The van der Waals surface area contributed by atoms with E-state index < -0.39 is 11.8 Å². The monoisotopic (exact) mass is 204 g/mol. The summed E-state index contributed by atoms with van der Waals surface area (Å²) in [6.45, 7) is 3.36. The SMILES string of the molecule is C=C1C(=O)Oc2cc(OC)ccc2C1=O. The van der Waals surface area contributed by atoms with Gasteiger partial charge in [0.25, 0.3) is 0 Å². The second-order valence-electron chi connectivity index (χ2n) is 3.06. The Hall–Kier alpha value is -2.10. The molecule has 0 atom stereocenters. The van der Waals surface area contributed by atoms with E-state index in [0.29, 0.717) is 11.3 Å². The first-order valence-electron chi connectivity index (χ1n) is 4.27. The van der Waals surface area contributed by atoms with Crippen molar-refractivity contribution in [2.75, 3.05) is 7.11 Å². The molecule has 0 saturated carbocycles. The summed E-state index contributed by atoms with van der Waals surface area (Å²) in [6, 6.07) is 4.68. The number of hydrogen-bond donors (Lipinski definition) is 0. The van der Waals surface area contributed by atoms with Gasteiger partial charge in [0.15, 0.2) is 0 Å². The molecule has 4 nitrogen and oxygen atoms in total. The highest BCUT2D eigenvalue weighted by molar-refractivity contribution is 6.27. The Morgan fingerprint density at radius 1 is 1.33 bits per heavy atom. The van der Waals surface area contributed by atoms with E-state index >= 15 is 0 Å². The lowest BCUT2D eigenvalue weighted by molar-refractivity contribution is -0.130. The Balaban J connectivity index is 2.55. The van der Waals surface area contributed by atoms with Crippen LogP contribution in [-0.2, 0) is 4.79 Å². The van der Waals surface area contributed by atoms with Crippen LogP contribution in [0.3, 0.4) is 0 Å². The van der Waals surface area contributed by atoms with Crippen LogP contribution in [0.15, 0.2) is 30.4 Å². The van der Waals surface area contributed by atoms with Gasteiger partial charge in [-0.15, -0.1) is 0 Å². The van der Waals surface area contributed by atoms with E-state index in [1.165, 1.54) is 13.2 Å². The number of fused-ring (bicyclic) bond motifs is 1. The zero-order chi connectivity index (χ0) is 11.0. The maximum absolute atomic E-state index is 11.6. The summed E-state index contributed by atoms with van der Waals surface area (Å²) in [5.41, 5.74) is 0.188. The lowest BCUT2D eigenvalue weighted by Gasteiger charge is -2.16. The van der Waals surface area contributed by atoms with Crippen molar-refractivity contribution in [3.8, 4) is 11.5 Å². The maximum Gasteiger partial charge on any atom is 0.346 e. The van der Waals surface area contributed by atoms with Gasteiger partial charge in [-0.1, -0.05) is 6.58 Å². The Kier molecular flexibility index (Phi) is 2.04. The van der Waals surface area contributed by atoms with Crippen LogP contribution in [0.1, 0.15) is 10.4 Å². The van der Waals surface area contributed by atoms with Crippen molar-refractivity contribution in [2.45, 2.75) is 0 Å². The fraction of sp³-hybridized carbons (Fsp3) is 0.0909. The second-order valence-corrected chi connectivity index (χ2v) is 3.06. The van der Waals surface area contributed by atoms with Crippen molar-refractivity contribution in [1.29, 1.82) is 0 Å². The van der Waals surface area contributed by atoms with E-state index in [0.717, 1.165) is 0 Å². The first-order valence-corrected chi connectivity index (χ1v) is 4.27. The van der Waals surface area contributed by atoms with E-state index in [1.54, 1.807) is 12.1 Å². The molecule has 0 radical (unpaired) electrons. The number of carbonyl (C=O) groups is 2. The van der Waals surface area contributed by atoms with Crippen LogP contribution in [-0.4, -0.2) is 18.9 Å². The predicted molar refractivity (Wildman–Crippen MR) is 52.1 cm³/mol. The Labute approximate surface area is 86.1 Å². The lowest BCUT2D eigenvalue weighted by atomic mass is 10.0. The summed E-state index contributed by atoms with van der Waals surface area (Å²) in [6.07, 6.45) is 0. The molecule has 1 aliphatic rings. The number of ether oxygens (including phenoxy) is 2. The third kappa shape index (κ3) is 1.40. The summed E-state index contributed by atoms with van der Waals surface area (Å²) < 4.78 is 9.87. The molecule has 1 heterocycles. The number of methoxy groups -OCH3 is 1. The molecule has 0 aromatic heterocycles. The minimum atomic E-state index is -0.708. The number of ketones is 1. The molecule has 0 bridgehead atoms. The molecule has 0 saturated heterocycles. The first-order chi connectivity index (χ1) is 7.13. The van der Waals surface area contributed by atoms with Gasteiger partial charge in [-0.2, -0.15) is 0 Å². The van der Waals surface area contributed by atoms with Gasteiger partial charge in [0.1, 0.15) is 17.1 Å². The largest absolute Gasteiger partial charge is 0.497 e. The van der Waals surface area contributed by atoms with Crippen molar-refractivity contribution in [2.24, 2.45) is 0 Å². The molecule has 76 valence electrons. The summed E-state index contributed by atoms with van der Waals surface area (Å²) in [7, 11) is 1.49. The van der Waals surface area contributed by atoms with Crippen molar-refractivity contribution < 1.29 is 19.1 Å². The molecular weight excluding hydrogens is 196 g/mol. The molecule has 1 aliphatic heterocycles. The molecule has 1 aromatic rings. The molecule has 1 aromatic carbocycles. The van der Waals surface area contributed by atoms with Crippen LogP contribution < -0.4 is 9.47 Å². The minimum Gasteiger partial charge on any atom is -0.497 e. The zero-order valence-electron chi connectivity index (χ0n) is 8.07. The third-order valence-corrected chi connectivity index (χ3v) is 2.16. The molecule has 0 fully saturated rings. The number of rotatable bonds is 1. The summed E-state index contributed by atoms with van der Waals surface area (Å²) >= 11 is 0. The molecule has 0 spiro atoms. The Bertz CT molecular complexity index is 473. The van der Waals surface area contributed by atoms with Crippen LogP contribution in [0.4, 0.5) is 0 Å². The van der Waals surface area contributed by atoms with E-state index in [4.69, 9.17) is 9.47 Å². The van der Waals surface area contributed by atoms with E-state index in [2.05, 4.69) is 6.58 Å². The molecule has 2 rings (SSSR count). The van der Waals surface area contributed by atoms with Gasteiger partial charge >= 0.3 is 5.97 Å². The topological polar surface area (TPSA) is 52.6 Å². The van der Waals surface area contributed by atoms with E-state index in [9.17, 15) is 9.59 Å². The highest BCUT2D eigenvalue weighted by Gasteiger charge is 2.29. The summed E-state index contributed by atoms with van der Waals surface area (Å²) in [5.74, 6) is -0.358. The van der Waals surface area contributed by atoms with Crippen LogP contribution in [0.5, 0.6) is 11.5 Å². The van der Waals surface area contributed by atoms with Crippen LogP contribution in [0.25, 0.3) is 0 Å². The molecule has 0 N–H and O–H groups in total. The van der Waals surface area contributed by atoms with E-state index in [-0.39, 0.29) is 11.3 Å². The second kappa shape index (κ2) is 3.24. The average Bonchev–Trinajstić information content (AvgIpc) is 2.25. The van der Waals surface area contributed by atoms with Gasteiger partial charge in [-0.3, -0.25) is 4.79 Å². The van der Waals surface area contributed by atoms with E-state index in [1.807, 2.05) is 0 Å². The normalized spacial score (nSPS) is 14.6. The lowest BCUT2D eigenvalue weighted by Crippen LogP contribution is -2.24. The number of esters is 1. The Morgan fingerprint density at radius 3 is 2.73 bits per heavy atom. The number of Topliss-reactive ketones (excluding diaryl/α,β-unsaturated/α-hetero) is 1. The van der Waals surface area contributed by atoms with Crippen LogP contribution >= 0.6 is 0 Å². The molecule has 0 aliphatic carbocycles. The van der Waals surface area contributed by atoms with Gasteiger partial charge in [-0.05, 0) is 12.1 Å². The molecule has 0 unspecified atom stereocenters. The van der Waals surface area contributed by atoms with Crippen molar-refractivity contribution >= 4 is 11.8 Å². The summed E-state index contributed by atoms with van der Waals surface area (Å²) in [5, 5.41) is 0. The standard InChI is InChI=1S/C11H8O4/c1-6-10(12)8-4-3-7(14-2)5-9(8)15-11(6)13/h3-5H,1H2,2H3. The average molecular weight is 204 g/mol. The van der Waals surface area contributed by atoms with Crippen molar-refractivity contribution in [3.63, 3.8) is 0 Å². The quantitative estimate of drug-likeness (QED) is 0.300. The van der Waals surface area contributed by atoms with Crippen LogP contribution in [0.2, 0.25) is 0 Å². The van der Waals surface area contributed by atoms with Gasteiger partial charge in [0.2, 0.25) is 5.78 Å². The van der Waals surface area contributed by atoms with Gasteiger partial charge < -0.3 is 9.47 Å². The first kappa shape index (κ1) is 9.45. The fourth-order valence-corrected chi connectivity index (χ4v) is 1.32. The smallest absolute Gasteiger partial charge is 0.346 e. The predicted octanol–water partition coefficient (Wildman–Crippen LogP) is 1.35. The minimum absolute atomic E-state index is 0.146.